The lowest BCUT2D eigenvalue weighted by Gasteiger charge is -2.09. The molecule has 3 aromatic carbocycles. The zero-order valence-electron chi connectivity index (χ0n) is 17.5. The van der Waals surface area contributed by atoms with Gasteiger partial charge in [-0.25, -0.2) is 9.97 Å². The molecular formula is C26H20N4OS. The molecule has 0 aliphatic rings. The van der Waals surface area contributed by atoms with E-state index in [1.807, 2.05) is 97.9 Å². The van der Waals surface area contributed by atoms with Crippen molar-refractivity contribution in [2.45, 2.75) is 17.8 Å². The van der Waals surface area contributed by atoms with Gasteiger partial charge in [-0.2, -0.15) is 0 Å². The molecular weight excluding hydrogens is 416 g/mol. The Morgan fingerprint density at radius 3 is 1.84 bits per heavy atom. The third kappa shape index (κ3) is 4.31. The summed E-state index contributed by atoms with van der Waals surface area (Å²) in [6.45, 7) is 1.93. The molecule has 6 heteroatoms. The van der Waals surface area contributed by atoms with Crippen LogP contribution in [0.25, 0.3) is 34.0 Å². The number of hydrogen-bond acceptors (Lipinski definition) is 6. The van der Waals surface area contributed by atoms with Gasteiger partial charge in [-0.3, -0.25) is 0 Å². The molecule has 0 aliphatic heterocycles. The van der Waals surface area contributed by atoms with E-state index < -0.39 is 0 Å². The standard InChI is InChI=1S/C26H20N4OS/c1-18-22(27-25(31-18)21-15-9-4-10-16-21)17-32-26-28-23(19-11-5-2-6-12-19)24(29-30-26)20-13-7-3-8-14-20/h2-16H,17H2,1H3. The average molecular weight is 437 g/mol. The zero-order chi connectivity index (χ0) is 21.8. The molecule has 0 fully saturated rings. The number of benzene rings is 3. The van der Waals surface area contributed by atoms with E-state index in [2.05, 4.69) is 15.2 Å². The van der Waals surface area contributed by atoms with Gasteiger partial charge in [-0.1, -0.05) is 90.6 Å². The SMILES string of the molecule is Cc1oc(-c2ccccc2)nc1CSc1nnc(-c2ccccc2)c(-c2ccccc2)n1. The van der Waals surface area contributed by atoms with Gasteiger partial charge < -0.3 is 4.42 Å². The first-order chi connectivity index (χ1) is 15.8. The van der Waals surface area contributed by atoms with Crippen LogP contribution in [0.3, 0.4) is 0 Å². The van der Waals surface area contributed by atoms with Crippen LogP contribution in [0.5, 0.6) is 0 Å². The molecule has 2 heterocycles. The van der Waals surface area contributed by atoms with Crippen molar-refractivity contribution in [2.24, 2.45) is 0 Å². The van der Waals surface area contributed by atoms with Gasteiger partial charge in [-0.15, -0.1) is 10.2 Å². The monoisotopic (exact) mass is 436 g/mol. The smallest absolute Gasteiger partial charge is 0.226 e. The van der Waals surface area contributed by atoms with Crippen molar-refractivity contribution in [3.63, 3.8) is 0 Å². The van der Waals surface area contributed by atoms with E-state index >= 15 is 0 Å². The summed E-state index contributed by atoms with van der Waals surface area (Å²) in [6, 6.07) is 30.0. The van der Waals surface area contributed by atoms with Crippen LogP contribution in [0.4, 0.5) is 0 Å². The number of hydrogen-bond donors (Lipinski definition) is 0. The summed E-state index contributed by atoms with van der Waals surface area (Å²) in [5.41, 5.74) is 5.42. The molecule has 156 valence electrons. The highest BCUT2D eigenvalue weighted by Crippen LogP contribution is 2.31. The van der Waals surface area contributed by atoms with Crippen LogP contribution in [0.15, 0.2) is 101 Å². The van der Waals surface area contributed by atoms with Gasteiger partial charge in [-0.05, 0) is 19.1 Å². The minimum absolute atomic E-state index is 0.600. The number of aromatic nitrogens is 4. The maximum atomic E-state index is 5.88. The zero-order valence-corrected chi connectivity index (χ0v) is 18.3. The first kappa shape index (κ1) is 20.2. The Kier molecular flexibility index (Phi) is 5.77. The molecule has 0 saturated heterocycles. The van der Waals surface area contributed by atoms with E-state index in [1.165, 1.54) is 11.8 Å². The van der Waals surface area contributed by atoms with Crippen LogP contribution in [0.1, 0.15) is 11.5 Å². The van der Waals surface area contributed by atoms with E-state index in [4.69, 9.17) is 9.40 Å². The average Bonchev–Trinajstić information content (AvgIpc) is 3.24. The Hall–Kier alpha value is -3.77. The number of thioether (sulfide) groups is 1. The third-order valence-corrected chi connectivity index (χ3v) is 5.86. The molecule has 0 amide bonds. The van der Waals surface area contributed by atoms with E-state index in [1.54, 1.807) is 0 Å². The summed E-state index contributed by atoms with van der Waals surface area (Å²) in [7, 11) is 0. The molecule has 0 unspecified atom stereocenters. The summed E-state index contributed by atoms with van der Waals surface area (Å²) >= 11 is 1.50. The van der Waals surface area contributed by atoms with Gasteiger partial charge in [0.05, 0.1) is 5.69 Å². The molecule has 0 N–H and O–H groups in total. The molecule has 5 nitrogen and oxygen atoms in total. The Morgan fingerprint density at radius 2 is 1.22 bits per heavy atom. The Morgan fingerprint density at radius 1 is 0.656 bits per heavy atom. The second-order valence-electron chi connectivity index (χ2n) is 7.20. The van der Waals surface area contributed by atoms with Crippen molar-refractivity contribution >= 4 is 11.8 Å². The first-order valence-electron chi connectivity index (χ1n) is 10.3. The maximum Gasteiger partial charge on any atom is 0.226 e. The first-order valence-corrected chi connectivity index (χ1v) is 11.3. The van der Waals surface area contributed by atoms with Gasteiger partial charge in [0.1, 0.15) is 17.1 Å². The van der Waals surface area contributed by atoms with Crippen LogP contribution in [0.2, 0.25) is 0 Å². The van der Waals surface area contributed by atoms with Crippen molar-refractivity contribution in [3.8, 4) is 34.0 Å². The predicted octanol–water partition coefficient (Wildman–Crippen LogP) is 6.46. The van der Waals surface area contributed by atoms with E-state index in [-0.39, 0.29) is 0 Å². The minimum atomic E-state index is 0.600. The summed E-state index contributed by atoms with van der Waals surface area (Å²) in [5, 5.41) is 9.53. The topological polar surface area (TPSA) is 64.7 Å². The van der Waals surface area contributed by atoms with Crippen LogP contribution in [0, 0.1) is 6.92 Å². The van der Waals surface area contributed by atoms with Gasteiger partial charge in [0.15, 0.2) is 0 Å². The maximum absolute atomic E-state index is 5.88. The largest absolute Gasteiger partial charge is 0.441 e. The Balaban J connectivity index is 1.43. The van der Waals surface area contributed by atoms with Gasteiger partial charge in [0, 0.05) is 22.4 Å². The molecule has 0 spiro atoms. The molecule has 5 aromatic rings. The highest BCUT2D eigenvalue weighted by molar-refractivity contribution is 7.98. The third-order valence-electron chi connectivity index (χ3n) is 5.01. The number of aryl methyl sites for hydroxylation is 1. The summed E-state index contributed by atoms with van der Waals surface area (Å²) in [4.78, 5) is 9.54. The fourth-order valence-electron chi connectivity index (χ4n) is 3.36. The molecule has 0 aliphatic carbocycles. The quantitative estimate of drug-likeness (QED) is 0.285. The summed E-state index contributed by atoms with van der Waals surface area (Å²) in [5.74, 6) is 2.03. The van der Waals surface area contributed by atoms with Crippen molar-refractivity contribution in [1.29, 1.82) is 0 Å². The number of nitrogens with zero attached hydrogens (tertiary/aromatic N) is 4. The molecule has 2 aromatic heterocycles. The van der Waals surface area contributed by atoms with E-state index in [0.717, 1.165) is 39.5 Å². The summed E-state index contributed by atoms with van der Waals surface area (Å²) in [6.07, 6.45) is 0. The lowest BCUT2D eigenvalue weighted by atomic mass is 10.0. The molecule has 5 rings (SSSR count). The number of rotatable bonds is 6. The van der Waals surface area contributed by atoms with Crippen molar-refractivity contribution < 1.29 is 4.42 Å². The fraction of sp³-hybridized carbons (Fsp3) is 0.0769. The lowest BCUT2D eigenvalue weighted by molar-refractivity contribution is 0.540. The molecule has 32 heavy (non-hydrogen) atoms. The van der Waals surface area contributed by atoms with Crippen LogP contribution in [-0.2, 0) is 5.75 Å². The highest BCUT2D eigenvalue weighted by atomic mass is 32.2. The molecule has 0 radical (unpaired) electrons. The Labute approximate surface area is 190 Å². The van der Waals surface area contributed by atoms with Crippen LogP contribution >= 0.6 is 11.8 Å². The molecule has 0 saturated carbocycles. The minimum Gasteiger partial charge on any atom is -0.441 e. The highest BCUT2D eigenvalue weighted by Gasteiger charge is 2.16. The van der Waals surface area contributed by atoms with Crippen molar-refractivity contribution in [1.82, 2.24) is 20.2 Å². The van der Waals surface area contributed by atoms with Crippen LogP contribution < -0.4 is 0 Å². The summed E-state index contributed by atoms with van der Waals surface area (Å²) < 4.78 is 5.88. The predicted molar refractivity (Wildman–Crippen MR) is 127 cm³/mol. The Bertz CT molecular complexity index is 1320. The van der Waals surface area contributed by atoms with Crippen molar-refractivity contribution in [3.05, 3.63) is 102 Å². The van der Waals surface area contributed by atoms with Gasteiger partial charge in [0.2, 0.25) is 11.0 Å². The van der Waals surface area contributed by atoms with E-state index in [9.17, 15) is 0 Å². The molecule has 0 bridgehead atoms. The fourth-order valence-corrected chi connectivity index (χ4v) is 4.15. The van der Waals surface area contributed by atoms with Crippen molar-refractivity contribution in [2.75, 3.05) is 0 Å². The van der Waals surface area contributed by atoms with Gasteiger partial charge in [0.25, 0.3) is 0 Å². The second kappa shape index (κ2) is 9.16. The number of oxazole rings is 1. The normalized spacial score (nSPS) is 10.9. The second-order valence-corrected chi connectivity index (χ2v) is 8.14. The van der Waals surface area contributed by atoms with Crippen LogP contribution in [-0.4, -0.2) is 20.2 Å². The van der Waals surface area contributed by atoms with Gasteiger partial charge >= 0.3 is 0 Å². The molecule has 0 atom stereocenters. The lowest BCUT2D eigenvalue weighted by Crippen LogP contribution is -1.99. The van der Waals surface area contributed by atoms with E-state index in [0.29, 0.717) is 16.8 Å².